The molecule has 0 radical (unpaired) electrons. The standard InChI is InChI=1S/C25H24OS/c1-2-3-19-24(26)20-27-25(21-13-7-4-8-14-21,22-15-9-5-10-16-22)23-17-11-6-12-18-23/h2,4-18H,1,3,19-20H2. The third-order valence-electron chi connectivity index (χ3n) is 4.62. The van der Waals surface area contributed by atoms with Crippen LogP contribution in [0.1, 0.15) is 29.5 Å². The summed E-state index contributed by atoms with van der Waals surface area (Å²) in [6, 6.07) is 31.4. The average Bonchev–Trinajstić information content (AvgIpc) is 2.75. The molecule has 0 saturated carbocycles. The maximum atomic E-state index is 12.5. The van der Waals surface area contributed by atoms with Gasteiger partial charge in [0.25, 0.3) is 0 Å². The molecule has 0 amide bonds. The number of carbonyl (C=O) groups is 1. The number of rotatable bonds is 9. The fraction of sp³-hybridized carbons (Fsp3) is 0.160. The van der Waals surface area contributed by atoms with Crippen LogP contribution in [0.3, 0.4) is 0 Å². The first-order chi connectivity index (χ1) is 13.3. The van der Waals surface area contributed by atoms with Gasteiger partial charge in [-0.15, -0.1) is 18.3 Å². The summed E-state index contributed by atoms with van der Waals surface area (Å²) >= 11 is 1.70. The summed E-state index contributed by atoms with van der Waals surface area (Å²) in [5, 5.41) is 0. The van der Waals surface area contributed by atoms with Crippen LogP contribution >= 0.6 is 11.8 Å². The largest absolute Gasteiger partial charge is 0.299 e. The van der Waals surface area contributed by atoms with E-state index in [-0.39, 0.29) is 5.78 Å². The van der Waals surface area contributed by atoms with Gasteiger partial charge in [0, 0.05) is 6.42 Å². The van der Waals surface area contributed by atoms with Crippen molar-refractivity contribution in [2.75, 3.05) is 5.75 Å². The van der Waals surface area contributed by atoms with Gasteiger partial charge in [0.05, 0.1) is 10.5 Å². The van der Waals surface area contributed by atoms with E-state index in [9.17, 15) is 4.79 Å². The highest BCUT2D eigenvalue weighted by molar-refractivity contribution is 8.01. The van der Waals surface area contributed by atoms with Crippen molar-refractivity contribution in [1.29, 1.82) is 0 Å². The average molecular weight is 373 g/mol. The van der Waals surface area contributed by atoms with Gasteiger partial charge in [-0.3, -0.25) is 4.79 Å². The van der Waals surface area contributed by atoms with Crippen LogP contribution in [0.25, 0.3) is 0 Å². The first-order valence-corrected chi connectivity index (χ1v) is 10.2. The van der Waals surface area contributed by atoms with Gasteiger partial charge in [0.1, 0.15) is 5.78 Å². The Bertz CT molecular complexity index is 760. The number of carbonyl (C=O) groups excluding carboxylic acids is 1. The third kappa shape index (κ3) is 4.40. The van der Waals surface area contributed by atoms with Crippen LogP contribution in [0.4, 0.5) is 0 Å². The number of ketones is 1. The van der Waals surface area contributed by atoms with Gasteiger partial charge in [-0.25, -0.2) is 0 Å². The first kappa shape index (κ1) is 19.2. The Morgan fingerprint density at radius 3 is 1.56 bits per heavy atom. The van der Waals surface area contributed by atoms with Crippen LogP contribution < -0.4 is 0 Å². The Balaban J connectivity index is 2.11. The molecule has 3 rings (SSSR count). The van der Waals surface area contributed by atoms with E-state index in [2.05, 4.69) is 79.4 Å². The van der Waals surface area contributed by atoms with Crippen LogP contribution in [0.2, 0.25) is 0 Å². The Morgan fingerprint density at radius 1 is 0.778 bits per heavy atom. The van der Waals surface area contributed by atoms with Gasteiger partial charge in [0.15, 0.2) is 0 Å². The van der Waals surface area contributed by atoms with Crippen molar-refractivity contribution in [3.8, 4) is 0 Å². The van der Waals surface area contributed by atoms with E-state index < -0.39 is 4.75 Å². The predicted molar refractivity (Wildman–Crippen MR) is 116 cm³/mol. The van der Waals surface area contributed by atoms with Crippen LogP contribution in [0.5, 0.6) is 0 Å². The zero-order chi connectivity index (χ0) is 19.0. The molecule has 0 bridgehead atoms. The minimum absolute atomic E-state index is 0.257. The van der Waals surface area contributed by atoms with E-state index in [1.54, 1.807) is 17.8 Å². The number of thioether (sulfide) groups is 1. The molecule has 0 N–H and O–H groups in total. The lowest BCUT2D eigenvalue weighted by molar-refractivity contribution is -0.116. The third-order valence-corrected chi connectivity index (χ3v) is 6.22. The maximum absolute atomic E-state index is 12.5. The molecule has 2 heteroatoms. The molecular weight excluding hydrogens is 348 g/mol. The normalized spacial score (nSPS) is 11.1. The summed E-state index contributed by atoms with van der Waals surface area (Å²) < 4.78 is -0.423. The molecule has 0 aliphatic rings. The highest BCUT2D eigenvalue weighted by atomic mass is 32.2. The van der Waals surface area contributed by atoms with E-state index in [0.29, 0.717) is 12.2 Å². The molecule has 136 valence electrons. The Kier molecular flexibility index (Phi) is 6.67. The predicted octanol–water partition coefficient (Wildman–Crippen LogP) is 6.25. The fourth-order valence-electron chi connectivity index (χ4n) is 3.29. The zero-order valence-corrected chi connectivity index (χ0v) is 16.2. The van der Waals surface area contributed by atoms with Crippen LogP contribution in [-0.2, 0) is 9.54 Å². The maximum Gasteiger partial charge on any atom is 0.143 e. The highest BCUT2D eigenvalue weighted by Gasteiger charge is 2.37. The van der Waals surface area contributed by atoms with Crippen molar-refractivity contribution in [3.63, 3.8) is 0 Å². The minimum atomic E-state index is -0.423. The van der Waals surface area contributed by atoms with Crippen molar-refractivity contribution in [2.45, 2.75) is 17.6 Å². The van der Waals surface area contributed by atoms with Crippen LogP contribution in [-0.4, -0.2) is 11.5 Å². The van der Waals surface area contributed by atoms with Gasteiger partial charge in [-0.2, -0.15) is 0 Å². The van der Waals surface area contributed by atoms with Crippen molar-refractivity contribution >= 4 is 17.5 Å². The van der Waals surface area contributed by atoms with Gasteiger partial charge in [-0.1, -0.05) is 97.1 Å². The summed E-state index contributed by atoms with van der Waals surface area (Å²) in [6.45, 7) is 3.73. The minimum Gasteiger partial charge on any atom is -0.299 e. The molecule has 0 atom stereocenters. The molecule has 3 aromatic carbocycles. The molecule has 0 saturated heterocycles. The summed E-state index contributed by atoms with van der Waals surface area (Å²) in [6.07, 6.45) is 3.08. The SMILES string of the molecule is C=CCCC(=O)CSC(c1ccccc1)(c1ccccc1)c1ccccc1. The van der Waals surface area contributed by atoms with Gasteiger partial charge >= 0.3 is 0 Å². The van der Waals surface area contributed by atoms with Crippen molar-refractivity contribution in [3.05, 3.63) is 120 Å². The monoisotopic (exact) mass is 372 g/mol. The first-order valence-electron chi connectivity index (χ1n) is 9.20. The lowest BCUT2D eigenvalue weighted by Crippen LogP contribution is -2.27. The van der Waals surface area contributed by atoms with Gasteiger partial charge in [0.2, 0.25) is 0 Å². The Labute approximate surface area is 166 Å². The smallest absolute Gasteiger partial charge is 0.143 e. The van der Waals surface area contributed by atoms with E-state index in [1.165, 1.54) is 16.7 Å². The fourth-order valence-corrected chi connectivity index (χ4v) is 4.72. The van der Waals surface area contributed by atoms with Crippen molar-refractivity contribution in [2.24, 2.45) is 0 Å². The van der Waals surface area contributed by atoms with E-state index in [0.717, 1.165) is 6.42 Å². The molecule has 0 heterocycles. The van der Waals surface area contributed by atoms with Gasteiger partial charge < -0.3 is 0 Å². The summed E-state index contributed by atoms with van der Waals surface area (Å²) in [5.74, 6) is 0.721. The molecule has 0 aliphatic carbocycles. The number of benzene rings is 3. The quantitative estimate of drug-likeness (QED) is 0.326. The highest BCUT2D eigenvalue weighted by Crippen LogP contribution is 2.48. The molecule has 0 fully saturated rings. The molecule has 1 nitrogen and oxygen atoms in total. The van der Waals surface area contributed by atoms with E-state index in [4.69, 9.17) is 0 Å². The zero-order valence-electron chi connectivity index (χ0n) is 15.4. The molecule has 0 aromatic heterocycles. The number of hydrogen-bond acceptors (Lipinski definition) is 2. The summed E-state index contributed by atoms with van der Waals surface area (Å²) in [7, 11) is 0. The van der Waals surface area contributed by atoms with E-state index in [1.807, 2.05) is 18.2 Å². The Hall–Kier alpha value is -2.58. The van der Waals surface area contributed by atoms with Crippen LogP contribution in [0, 0.1) is 0 Å². The lowest BCUT2D eigenvalue weighted by atomic mass is 9.84. The van der Waals surface area contributed by atoms with Gasteiger partial charge in [-0.05, 0) is 23.1 Å². The second kappa shape index (κ2) is 9.38. The number of allylic oxidation sites excluding steroid dienone is 1. The molecule has 3 aromatic rings. The number of Topliss-reactive ketones (excluding diaryl/α,β-unsaturated/α-hetero) is 1. The second-order valence-electron chi connectivity index (χ2n) is 6.43. The topological polar surface area (TPSA) is 17.1 Å². The molecular formula is C25H24OS. The van der Waals surface area contributed by atoms with E-state index >= 15 is 0 Å². The second-order valence-corrected chi connectivity index (χ2v) is 7.62. The number of hydrogen-bond donors (Lipinski definition) is 0. The summed E-state index contributed by atoms with van der Waals surface area (Å²) in [4.78, 5) is 12.5. The lowest BCUT2D eigenvalue weighted by Gasteiger charge is -2.35. The molecule has 0 unspecified atom stereocenters. The Morgan fingerprint density at radius 2 is 1.19 bits per heavy atom. The van der Waals surface area contributed by atoms with Crippen molar-refractivity contribution < 1.29 is 4.79 Å². The summed E-state index contributed by atoms with van der Waals surface area (Å²) in [5.41, 5.74) is 3.55. The molecule has 0 spiro atoms. The molecule has 0 aliphatic heterocycles. The van der Waals surface area contributed by atoms with Crippen molar-refractivity contribution in [1.82, 2.24) is 0 Å². The molecule has 27 heavy (non-hydrogen) atoms. The van der Waals surface area contributed by atoms with Crippen LogP contribution in [0.15, 0.2) is 104 Å².